The number of hydrogen-bond acceptors (Lipinski definition) is 6. The van der Waals surface area contributed by atoms with Crippen LogP contribution in [-0.4, -0.2) is 52.6 Å². The molecular weight excluding hydrogens is 370 g/mol. The highest BCUT2D eigenvalue weighted by molar-refractivity contribution is 5.89. The third-order valence-corrected chi connectivity index (χ3v) is 8.14. The molecule has 3 fully saturated rings. The Morgan fingerprint density at radius 2 is 2.14 bits per heavy atom. The Bertz CT molecular complexity index is 939. The summed E-state index contributed by atoms with van der Waals surface area (Å²) < 4.78 is 11.7. The minimum Gasteiger partial charge on any atom is -0.477 e. The van der Waals surface area contributed by atoms with Crippen LogP contribution < -0.4 is 9.47 Å². The average Bonchev–Trinajstić information content (AvgIpc) is 3.36. The fraction of sp³-hybridized carbons (Fsp3) is 0.652. The van der Waals surface area contributed by atoms with Gasteiger partial charge >= 0.3 is 5.97 Å². The molecule has 0 bridgehead atoms. The van der Waals surface area contributed by atoms with Gasteiger partial charge in [0.2, 0.25) is 0 Å². The van der Waals surface area contributed by atoms with Gasteiger partial charge in [-0.3, -0.25) is 14.5 Å². The van der Waals surface area contributed by atoms with Crippen molar-refractivity contribution in [3.05, 3.63) is 23.3 Å². The summed E-state index contributed by atoms with van der Waals surface area (Å²) in [6.07, 6.45) is 3.72. The molecule has 2 saturated carbocycles. The molecule has 0 radical (unpaired) electrons. The highest BCUT2D eigenvalue weighted by Crippen LogP contribution is 2.71. The summed E-state index contributed by atoms with van der Waals surface area (Å²) in [6.45, 7) is 5.14. The number of rotatable bonds is 5. The van der Waals surface area contributed by atoms with Gasteiger partial charge in [0.15, 0.2) is 23.4 Å². The lowest BCUT2D eigenvalue weighted by atomic mass is 9.42. The highest BCUT2D eigenvalue weighted by Gasteiger charge is 2.81. The van der Waals surface area contributed by atoms with Gasteiger partial charge in [-0.05, 0) is 43.2 Å². The summed E-state index contributed by atoms with van der Waals surface area (Å²) in [7, 11) is 0. The number of ether oxygens (including phenoxy) is 2. The second-order valence-electron chi connectivity index (χ2n) is 9.65. The van der Waals surface area contributed by atoms with Crippen LogP contribution >= 0.6 is 0 Å². The molecule has 1 unspecified atom stereocenters. The van der Waals surface area contributed by atoms with Crippen LogP contribution in [0.2, 0.25) is 0 Å². The third-order valence-electron chi connectivity index (χ3n) is 8.14. The SMILES string of the molecule is CCC(=O)[C@@H]1Oc2c(OC(C)=O)ccc3c2[C@@]12CC1CN(CC4CC4)[C@H](C3)[C@]12O. The molecule has 2 heterocycles. The first-order chi connectivity index (χ1) is 13.9. The van der Waals surface area contributed by atoms with E-state index in [0.29, 0.717) is 17.9 Å². The van der Waals surface area contributed by atoms with Crippen molar-refractivity contribution in [2.75, 3.05) is 13.1 Å². The Hall–Kier alpha value is -1.92. The number of aliphatic hydroxyl groups is 1. The number of Topliss-reactive ketones (excluding diaryl/α,β-unsaturated/α-hetero) is 1. The molecule has 6 nitrogen and oxygen atoms in total. The molecule has 3 aliphatic carbocycles. The monoisotopic (exact) mass is 397 g/mol. The van der Waals surface area contributed by atoms with Crippen molar-refractivity contribution in [2.24, 2.45) is 11.8 Å². The Kier molecular flexibility index (Phi) is 3.46. The van der Waals surface area contributed by atoms with Gasteiger partial charge in [0.1, 0.15) is 0 Å². The number of carbonyl (C=O) groups is 2. The Morgan fingerprint density at radius 1 is 1.34 bits per heavy atom. The van der Waals surface area contributed by atoms with Crippen LogP contribution in [0.1, 0.15) is 50.7 Å². The zero-order valence-corrected chi connectivity index (χ0v) is 16.9. The standard InChI is InChI=1S/C23H27NO5/c1-3-16(26)21-22-9-15-11-24(10-13-4-5-13)18(23(15,22)27)8-14-6-7-17(28-12(2)25)20(29-21)19(14)22/h6-7,13,15,18,21,27H,3-5,8-11H2,1-2H3/t15?,18-,21+,22+,23-/m1/s1. The molecule has 0 amide bonds. The summed E-state index contributed by atoms with van der Waals surface area (Å²) in [5, 5.41) is 12.2. The van der Waals surface area contributed by atoms with E-state index < -0.39 is 23.1 Å². The zero-order chi connectivity index (χ0) is 20.1. The number of esters is 1. The quantitative estimate of drug-likeness (QED) is 0.605. The minimum atomic E-state index is -0.954. The molecule has 1 aromatic carbocycles. The van der Waals surface area contributed by atoms with Gasteiger partial charge in [-0.25, -0.2) is 0 Å². The normalized spacial score (nSPS) is 38.7. The van der Waals surface area contributed by atoms with E-state index in [1.54, 1.807) is 6.07 Å². The Morgan fingerprint density at radius 3 is 2.83 bits per heavy atom. The Labute approximate surface area is 170 Å². The van der Waals surface area contributed by atoms with E-state index in [4.69, 9.17) is 9.47 Å². The van der Waals surface area contributed by atoms with Crippen molar-refractivity contribution in [1.82, 2.24) is 4.90 Å². The van der Waals surface area contributed by atoms with E-state index in [2.05, 4.69) is 4.90 Å². The van der Waals surface area contributed by atoms with Crippen LogP contribution in [0.3, 0.4) is 0 Å². The van der Waals surface area contributed by atoms with Gasteiger partial charge in [0.25, 0.3) is 0 Å². The molecule has 6 rings (SSSR count). The molecular formula is C23H27NO5. The molecule has 1 spiro atoms. The van der Waals surface area contributed by atoms with Crippen LogP contribution in [-0.2, 0) is 21.4 Å². The van der Waals surface area contributed by atoms with E-state index in [1.165, 1.54) is 19.8 Å². The zero-order valence-electron chi connectivity index (χ0n) is 16.9. The summed E-state index contributed by atoms with van der Waals surface area (Å²) in [5.41, 5.74) is 0.376. The van der Waals surface area contributed by atoms with Crippen LogP contribution in [0.15, 0.2) is 12.1 Å². The smallest absolute Gasteiger partial charge is 0.308 e. The van der Waals surface area contributed by atoms with Crippen molar-refractivity contribution >= 4 is 11.8 Å². The van der Waals surface area contributed by atoms with Gasteiger partial charge in [0.05, 0.1) is 11.0 Å². The fourth-order valence-electron chi connectivity index (χ4n) is 6.84. The molecule has 5 aliphatic rings. The van der Waals surface area contributed by atoms with Gasteiger partial charge < -0.3 is 14.6 Å². The fourth-order valence-corrected chi connectivity index (χ4v) is 6.84. The molecule has 2 aliphatic heterocycles. The van der Waals surface area contributed by atoms with Crippen molar-refractivity contribution < 1.29 is 24.2 Å². The summed E-state index contributed by atoms with van der Waals surface area (Å²) in [5.74, 6) is 1.37. The largest absolute Gasteiger partial charge is 0.477 e. The summed E-state index contributed by atoms with van der Waals surface area (Å²) in [6, 6.07) is 3.81. The molecule has 1 saturated heterocycles. The highest BCUT2D eigenvalue weighted by atomic mass is 16.6. The van der Waals surface area contributed by atoms with E-state index >= 15 is 0 Å². The molecule has 5 atom stereocenters. The average molecular weight is 397 g/mol. The van der Waals surface area contributed by atoms with Gasteiger partial charge in [-0.2, -0.15) is 0 Å². The van der Waals surface area contributed by atoms with Crippen LogP contribution in [0.5, 0.6) is 11.5 Å². The number of ketones is 1. The van der Waals surface area contributed by atoms with Crippen molar-refractivity contribution in [3.63, 3.8) is 0 Å². The van der Waals surface area contributed by atoms with Crippen LogP contribution in [0.25, 0.3) is 0 Å². The second kappa shape index (κ2) is 5.61. The maximum atomic E-state index is 13.0. The summed E-state index contributed by atoms with van der Waals surface area (Å²) >= 11 is 0. The lowest BCUT2D eigenvalue weighted by molar-refractivity contribution is -0.196. The van der Waals surface area contributed by atoms with Crippen LogP contribution in [0, 0.1) is 11.8 Å². The number of benzene rings is 1. The molecule has 1 N–H and O–H groups in total. The maximum Gasteiger partial charge on any atom is 0.308 e. The first kappa shape index (κ1) is 17.9. The van der Waals surface area contributed by atoms with Crippen molar-refractivity contribution in [3.8, 4) is 11.5 Å². The van der Waals surface area contributed by atoms with Crippen molar-refractivity contribution in [2.45, 2.75) is 69.1 Å². The molecule has 154 valence electrons. The lowest BCUT2D eigenvalue weighted by Crippen LogP contribution is -2.76. The first-order valence-electron chi connectivity index (χ1n) is 10.9. The maximum absolute atomic E-state index is 13.0. The van der Waals surface area contributed by atoms with Crippen molar-refractivity contribution in [1.29, 1.82) is 0 Å². The predicted octanol–water partition coefficient (Wildman–Crippen LogP) is 1.99. The van der Waals surface area contributed by atoms with E-state index in [9.17, 15) is 14.7 Å². The van der Waals surface area contributed by atoms with Gasteiger partial charge in [-0.1, -0.05) is 13.0 Å². The Balaban J connectivity index is 1.52. The topological polar surface area (TPSA) is 76.1 Å². The first-order valence-corrected chi connectivity index (χ1v) is 10.9. The third kappa shape index (κ3) is 2.04. The van der Waals surface area contributed by atoms with Gasteiger partial charge in [0, 0.05) is 44.0 Å². The molecule has 6 heteroatoms. The van der Waals surface area contributed by atoms with E-state index in [0.717, 1.165) is 43.0 Å². The minimum absolute atomic E-state index is 0.00842. The predicted molar refractivity (Wildman–Crippen MR) is 104 cm³/mol. The second-order valence-corrected chi connectivity index (χ2v) is 9.65. The molecule has 0 aromatic heterocycles. The lowest BCUT2D eigenvalue weighted by Gasteiger charge is -2.62. The summed E-state index contributed by atoms with van der Waals surface area (Å²) in [4.78, 5) is 27.1. The molecule has 29 heavy (non-hydrogen) atoms. The van der Waals surface area contributed by atoms with E-state index in [-0.39, 0.29) is 17.7 Å². The number of carbonyl (C=O) groups excluding carboxylic acids is 2. The van der Waals surface area contributed by atoms with Crippen LogP contribution in [0.4, 0.5) is 0 Å². The number of hydrogen-bond donors (Lipinski definition) is 1. The van der Waals surface area contributed by atoms with Gasteiger partial charge in [-0.15, -0.1) is 0 Å². The van der Waals surface area contributed by atoms with E-state index in [1.807, 2.05) is 13.0 Å². The number of likely N-dealkylation sites (tertiary alicyclic amines) is 1. The number of nitrogens with zero attached hydrogens (tertiary/aromatic N) is 1. The molecule has 1 aromatic rings.